The summed E-state index contributed by atoms with van der Waals surface area (Å²) in [6.07, 6.45) is -2.40. The predicted molar refractivity (Wildman–Crippen MR) is 61.2 cm³/mol. The van der Waals surface area contributed by atoms with Crippen LogP contribution < -0.4 is 0 Å². The Morgan fingerprint density at radius 1 is 1.00 bits per heavy atom. The van der Waals surface area contributed by atoms with Gasteiger partial charge in [-0.1, -0.05) is 0 Å². The van der Waals surface area contributed by atoms with Gasteiger partial charge in [-0.25, -0.2) is 17.6 Å². The smallest absolute Gasteiger partial charge is 0.332 e. The van der Waals surface area contributed by atoms with Crippen molar-refractivity contribution in [3.63, 3.8) is 0 Å². The van der Waals surface area contributed by atoms with Gasteiger partial charge < -0.3 is 14.2 Å². The molecule has 132 valence electrons. The van der Waals surface area contributed by atoms with Crippen LogP contribution in [0.3, 0.4) is 0 Å². The Kier molecular flexibility index (Phi) is 6.07. The van der Waals surface area contributed by atoms with Crippen LogP contribution in [0.4, 0.5) is 30.7 Å². The monoisotopic (exact) mass is 342 g/mol. The number of hydrogen-bond acceptors (Lipinski definition) is 3. The van der Waals surface area contributed by atoms with Crippen LogP contribution in [0.2, 0.25) is 0 Å². The Hall–Kier alpha value is -0.610. The van der Waals surface area contributed by atoms with Crippen molar-refractivity contribution >= 4 is 0 Å². The number of ether oxygens (including phenoxy) is 3. The van der Waals surface area contributed by atoms with E-state index in [1.807, 2.05) is 0 Å². The second-order valence-corrected chi connectivity index (χ2v) is 4.84. The van der Waals surface area contributed by atoms with E-state index in [9.17, 15) is 30.7 Å². The van der Waals surface area contributed by atoms with E-state index < -0.39 is 62.9 Å². The highest BCUT2D eigenvalue weighted by atomic mass is 19.3. The van der Waals surface area contributed by atoms with Crippen molar-refractivity contribution in [2.24, 2.45) is 0 Å². The minimum Gasteiger partial charge on any atom is -0.379 e. The first-order chi connectivity index (χ1) is 10.0. The van der Waals surface area contributed by atoms with Crippen LogP contribution in [0.25, 0.3) is 0 Å². The molecule has 0 heterocycles. The van der Waals surface area contributed by atoms with Gasteiger partial charge in [0.05, 0.1) is 26.2 Å². The van der Waals surface area contributed by atoms with Crippen LogP contribution >= 0.6 is 0 Å². The van der Waals surface area contributed by atoms with Crippen LogP contribution in [0.1, 0.15) is 19.8 Å². The topological polar surface area (TPSA) is 27.7 Å². The van der Waals surface area contributed by atoms with Gasteiger partial charge in [-0.2, -0.15) is 13.2 Å². The lowest BCUT2D eigenvalue weighted by atomic mass is 9.81. The summed E-state index contributed by atoms with van der Waals surface area (Å²) in [5.41, 5.74) is 0. The van der Waals surface area contributed by atoms with Crippen molar-refractivity contribution in [2.75, 3.05) is 33.1 Å². The van der Waals surface area contributed by atoms with E-state index >= 15 is 0 Å². The van der Waals surface area contributed by atoms with Gasteiger partial charge in [-0.3, -0.25) is 0 Å². The van der Waals surface area contributed by atoms with Crippen LogP contribution in [0.5, 0.6) is 0 Å². The molecule has 0 saturated heterocycles. The number of halogens is 7. The van der Waals surface area contributed by atoms with Crippen molar-refractivity contribution in [1.82, 2.24) is 0 Å². The van der Waals surface area contributed by atoms with E-state index in [-0.39, 0.29) is 6.61 Å². The van der Waals surface area contributed by atoms with E-state index in [2.05, 4.69) is 14.2 Å². The third-order valence-electron chi connectivity index (χ3n) is 3.11. The van der Waals surface area contributed by atoms with Gasteiger partial charge in [0, 0.05) is 13.0 Å². The zero-order valence-electron chi connectivity index (χ0n) is 11.8. The Morgan fingerprint density at radius 2 is 1.64 bits per heavy atom. The highest BCUT2D eigenvalue weighted by Crippen LogP contribution is 2.60. The first-order valence-electron chi connectivity index (χ1n) is 6.59. The molecule has 0 aromatic rings. The van der Waals surface area contributed by atoms with Crippen LogP contribution in [-0.2, 0) is 14.2 Å². The normalized spacial score (nSPS) is 31.1. The summed E-state index contributed by atoms with van der Waals surface area (Å²) in [5.74, 6) is -14.8. The fourth-order valence-electron chi connectivity index (χ4n) is 1.90. The molecular formula is C12H17F7O3. The molecular weight excluding hydrogens is 325 g/mol. The molecule has 10 heteroatoms. The maximum Gasteiger partial charge on any atom is 0.332 e. The summed E-state index contributed by atoms with van der Waals surface area (Å²) in [6, 6.07) is 0. The van der Waals surface area contributed by atoms with Gasteiger partial charge in [0.25, 0.3) is 11.8 Å². The average molecular weight is 342 g/mol. The summed E-state index contributed by atoms with van der Waals surface area (Å²) >= 11 is 0. The van der Waals surface area contributed by atoms with Crippen LogP contribution in [0, 0.1) is 0 Å². The van der Waals surface area contributed by atoms with Gasteiger partial charge in [-0.15, -0.1) is 0 Å². The third kappa shape index (κ3) is 3.83. The van der Waals surface area contributed by atoms with Crippen LogP contribution in [-0.4, -0.2) is 56.7 Å². The minimum atomic E-state index is -4.07. The second kappa shape index (κ2) is 6.88. The molecule has 0 aromatic carbocycles. The zero-order valence-corrected chi connectivity index (χ0v) is 11.8. The Balaban J connectivity index is 2.36. The largest absolute Gasteiger partial charge is 0.379 e. The number of alkyl halides is 7. The lowest BCUT2D eigenvalue weighted by Gasteiger charge is -2.51. The standard InChI is InChI=1S/C12H17F7O3/c1-2-21-11(18)7-10(16,17)12(11,19)22-6-5-20-4-3-9(14,15)8-13/h2-8H2,1H3. The summed E-state index contributed by atoms with van der Waals surface area (Å²) < 4.78 is 104. The lowest BCUT2D eigenvalue weighted by molar-refractivity contribution is -0.467. The van der Waals surface area contributed by atoms with Gasteiger partial charge in [0.2, 0.25) is 0 Å². The molecule has 0 aliphatic heterocycles. The fourth-order valence-corrected chi connectivity index (χ4v) is 1.90. The molecule has 0 spiro atoms. The molecule has 0 aromatic heterocycles. The first-order valence-corrected chi connectivity index (χ1v) is 6.59. The summed E-state index contributed by atoms with van der Waals surface area (Å²) in [7, 11) is 0. The predicted octanol–water partition coefficient (Wildman–Crippen LogP) is 3.42. The molecule has 1 rings (SSSR count). The maximum atomic E-state index is 14.0. The lowest BCUT2D eigenvalue weighted by Crippen LogP contribution is -2.74. The second-order valence-electron chi connectivity index (χ2n) is 4.84. The molecule has 1 fully saturated rings. The fraction of sp³-hybridized carbons (Fsp3) is 1.00. The van der Waals surface area contributed by atoms with Crippen molar-refractivity contribution in [2.45, 2.75) is 43.3 Å². The van der Waals surface area contributed by atoms with E-state index in [1.54, 1.807) is 0 Å². The van der Waals surface area contributed by atoms with Crippen molar-refractivity contribution in [3.05, 3.63) is 0 Å². The van der Waals surface area contributed by atoms with Gasteiger partial charge in [0.1, 0.15) is 0 Å². The molecule has 22 heavy (non-hydrogen) atoms. The summed E-state index contributed by atoms with van der Waals surface area (Å²) in [4.78, 5) is 0. The van der Waals surface area contributed by atoms with E-state index in [0.29, 0.717) is 0 Å². The van der Waals surface area contributed by atoms with Gasteiger partial charge in [-0.05, 0) is 6.92 Å². The molecule has 3 nitrogen and oxygen atoms in total. The molecule has 0 radical (unpaired) electrons. The quantitative estimate of drug-likeness (QED) is 0.450. The average Bonchev–Trinajstić information content (AvgIpc) is 2.41. The number of hydrogen-bond donors (Lipinski definition) is 0. The van der Waals surface area contributed by atoms with E-state index in [4.69, 9.17) is 0 Å². The van der Waals surface area contributed by atoms with Gasteiger partial charge >= 0.3 is 11.8 Å². The van der Waals surface area contributed by atoms with Crippen molar-refractivity contribution < 1.29 is 44.9 Å². The summed E-state index contributed by atoms with van der Waals surface area (Å²) in [6.45, 7) is -2.81. The highest BCUT2D eigenvalue weighted by Gasteiger charge is 2.83. The molecule has 1 aliphatic carbocycles. The van der Waals surface area contributed by atoms with Crippen LogP contribution in [0.15, 0.2) is 0 Å². The van der Waals surface area contributed by atoms with E-state index in [1.165, 1.54) is 6.92 Å². The molecule has 1 saturated carbocycles. The summed E-state index contributed by atoms with van der Waals surface area (Å²) in [5, 5.41) is 0. The minimum absolute atomic E-state index is 0.337. The molecule has 0 N–H and O–H groups in total. The van der Waals surface area contributed by atoms with Gasteiger partial charge in [0.15, 0.2) is 6.67 Å². The third-order valence-corrected chi connectivity index (χ3v) is 3.11. The van der Waals surface area contributed by atoms with E-state index in [0.717, 1.165) is 0 Å². The molecule has 1 aliphatic rings. The Labute approximate surface area is 122 Å². The zero-order chi connectivity index (χ0) is 17.1. The first kappa shape index (κ1) is 19.4. The molecule has 0 bridgehead atoms. The van der Waals surface area contributed by atoms with Crippen molar-refractivity contribution in [1.29, 1.82) is 0 Å². The maximum absolute atomic E-state index is 14.0. The SMILES string of the molecule is CCOC1(F)CC(F)(F)C1(F)OCCOCCC(F)(F)CF. The molecule has 2 unspecified atom stereocenters. The Morgan fingerprint density at radius 3 is 2.14 bits per heavy atom. The number of rotatable bonds is 10. The van der Waals surface area contributed by atoms with Crippen molar-refractivity contribution in [3.8, 4) is 0 Å². The Bertz CT molecular complexity index is 369. The highest BCUT2D eigenvalue weighted by molar-refractivity contribution is 5.11. The molecule has 0 amide bonds. The molecule has 2 atom stereocenters.